The van der Waals surface area contributed by atoms with Crippen molar-refractivity contribution in [1.29, 1.82) is 0 Å². The lowest BCUT2D eigenvalue weighted by atomic mass is 10.0. The van der Waals surface area contributed by atoms with Gasteiger partial charge in [-0.3, -0.25) is 4.79 Å². The Labute approximate surface area is 168 Å². The smallest absolute Gasteiger partial charge is 0.328 e. The first-order valence-corrected chi connectivity index (χ1v) is 9.65. The molecule has 2 heterocycles. The molecule has 1 aliphatic heterocycles. The number of nitrogens with zero attached hydrogens (tertiary/aromatic N) is 4. The van der Waals surface area contributed by atoms with Crippen LogP contribution in [0.15, 0.2) is 60.7 Å². The zero-order valence-corrected chi connectivity index (χ0v) is 16.2. The van der Waals surface area contributed by atoms with E-state index in [-0.39, 0.29) is 11.7 Å². The van der Waals surface area contributed by atoms with Crippen molar-refractivity contribution in [2.75, 3.05) is 13.7 Å². The van der Waals surface area contributed by atoms with E-state index in [9.17, 15) is 9.59 Å². The molecule has 1 aliphatic rings. The molecule has 0 N–H and O–H groups in total. The Bertz CT molecular complexity index is 944. The minimum absolute atomic E-state index is 0.0727. The molecule has 1 amide bonds. The summed E-state index contributed by atoms with van der Waals surface area (Å²) in [6, 6.07) is 18.6. The summed E-state index contributed by atoms with van der Waals surface area (Å²) in [5.41, 5.74) is 1.66. The van der Waals surface area contributed by atoms with Gasteiger partial charge in [0.2, 0.25) is 5.82 Å². The number of ether oxygens (including phenoxy) is 1. The number of rotatable bonds is 4. The first kappa shape index (κ1) is 18.9. The molecule has 1 fully saturated rings. The lowest BCUT2D eigenvalue weighted by Gasteiger charge is -2.32. The topological polar surface area (TPSA) is 77.3 Å². The van der Waals surface area contributed by atoms with Gasteiger partial charge in [-0.1, -0.05) is 48.5 Å². The van der Waals surface area contributed by atoms with Crippen LogP contribution in [0.3, 0.4) is 0 Å². The third-order valence-electron chi connectivity index (χ3n) is 5.07. The van der Waals surface area contributed by atoms with Crippen molar-refractivity contribution in [3.63, 3.8) is 0 Å². The third kappa shape index (κ3) is 3.76. The number of carbonyl (C=O) groups excluding carboxylic acids is 2. The van der Waals surface area contributed by atoms with E-state index in [1.165, 1.54) is 12.0 Å². The molecular weight excluding hydrogens is 368 g/mol. The van der Waals surface area contributed by atoms with Gasteiger partial charge < -0.3 is 9.64 Å². The van der Waals surface area contributed by atoms with E-state index < -0.39 is 12.0 Å². The maximum Gasteiger partial charge on any atom is 0.328 e. The first-order chi connectivity index (χ1) is 14.2. The summed E-state index contributed by atoms with van der Waals surface area (Å²) < 4.78 is 6.56. The highest BCUT2D eigenvalue weighted by Gasteiger charge is 2.35. The van der Waals surface area contributed by atoms with E-state index in [0.717, 1.165) is 24.1 Å². The second-order valence-corrected chi connectivity index (χ2v) is 6.91. The monoisotopic (exact) mass is 390 g/mol. The zero-order chi connectivity index (χ0) is 20.2. The molecule has 29 heavy (non-hydrogen) atoms. The molecule has 4 rings (SSSR count). The molecule has 0 spiro atoms. The van der Waals surface area contributed by atoms with Gasteiger partial charge in [0.1, 0.15) is 6.04 Å². The molecule has 1 aromatic heterocycles. The average Bonchev–Trinajstić information content (AvgIpc) is 3.25. The van der Waals surface area contributed by atoms with Crippen LogP contribution in [0.1, 0.15) is 29.9 Å². The molecule has 7 heteroatoms. The van der Waals surface area contributed by atoms with Gasteiger partial charge in [0.15, 0.2) is 5.82 Å². The average molecular weight is 390 g/mol. The second kappa shape index (κ2) is 8.26. The van der Waals surface area contributed by atoms with Crippen LogP contribution in [-0.2, 0) is 9.53 Å². The number of benzene rings is 2. The Hall–Kier alpha value is -3.48. The van der Waals surface area contributed by atoms with E-state index in [4.69, 9.17) is 4.74 Å². The quantitative estimate of drug-likeness (QED) is 0.640. The third-order valence-corrected chi connectivity index (χ3v) is 5.07. The number of amides is 1. The Morgan fingerprint density at radius 2 is 1.69 bits per heavy atom. The standard InChI is InChI=1S/C22H22N4O3/c1-29-22(28)18-14-8-9-15-25(18)21(27)19-23-20(16-10-4-2-5-11-16)26(24-19)17-12-6-3-7-13-17/h2-7,10-13,18H,8-9,14-15H2,1H3. The Kier molecular flexibility index (Phi) is 5.37. The van der Waals surface area contributed by atoms with E-state index in [1.54, 1.807) is 4.68 Å². The molecule has 0 radical (unpaired) electrons. The minimum Gasteiger partial charge on any atom is -0.467 e. The fourth-order valence-corrected chi connectivity index (χ4v) is 3.61. The predicted octanol–water partition coefficient (Wildman–Crippen LogP) is 3.10. The number of likely N-dealkylation sites (tertiary alicyclic amines) is 1. The summed E-state index contributed by atoms with van der Waals surface area (Å²) in [5, 5.41) is 4.51. The molecular formula is C22H22N4O3. The van der Waals surface area contributed by atoms with Gasteiger partial charge >= 0.3 is 5.97 Å². The predicted molar refractivity (Wildman–Crippen MR) is 107 cm³/mol. The van der Waals surface area contributed by atoms with Crippen LogP contribution < -0.4 is 0 Å². The summed E-state index contributed by atoms with van der Waals surface area (Å²) >= 11 is 0. The van der Waals surface area contributed by atoms with E-state index in [1.807, 2.05) is 60.7 Å². The zero-order valence-electron chi connectivity index (χ0n) is 16.2. The van der Waals surface area contributed by atoms with Gasteiger partial charge in [-0.15, -0.1) is 5.10 Å². The number of carbonyl (C=O) groups is 2. The Morgan fingerprint density at radius 1 is 1.00 bits per heavy atom. The van der Waals surface area contributed by atoms with Crippen LogP contribution in [0.5, 0.6) is 0 Å². The van der Waals surface area contributed by atoms with Crippen LogP contribution in [-0.4, -0.2) is 51.2 Å². The molecule has 7 nitrogen and oxygen atoms in total. The highest BCUT2D eigenvalue weighted by molar-refractivity contribution is 5.94. The number of esters is 1. The number of piperidine rings is 1. The summed E-state index contributed by atoms with van der Waals surface area (Å²) in [5.74, 6) is -0.105. The molecule has 148 valence electrons. The number of hydrogen-bond donors (Lipinski definition) is 0. The van der Waals surface area contributed by atoms with Crippen LogP contribution in [0, 0.1) is 0 Å². The van der Waals surface area contributed by atoms with Crippen molar-refractivity contribution < 1.29 is 14.3 Å². The van der Waals surface area contributed by atoms with Crippen molar-refractivity contribution in [2.45, 2.75) is 25.3 Å². The van der Waals surface area contributed by atoms with Gasteiger partial charge in [0, 0.05) is 12.1 Å². The lowest BCUT2D eigenvalue weighted by Crippen LogP contribution is -2.48. The maximum atomic E-state index is 13.2. The fourth-order valence-electron chi connectivity index (χ4n) is 3.61. The van der Waals surface area contributed by atoms with Crippen LogP contribution in [0.25, 0.3) is 17.1 Å². The number of aromatic nitrogens is 3. The van der Waals surface area contributed by atoms with Crippen molar-refractivity contribution in [1.82, 2.24) is 19.7 Å². The molecule has 1 saturated heterocycles. The summed E-state index contributed by atoms with van der Waals surface area (Å²) in [6.45, 7) is 0.485. The molecule has 0 bridgehead atoms. The van der Waals surface area contributed by atoms with Gasteiger partial charge in [-0.05, 0) is 31.4 Å². The highest BCUT2D eigenvalue weighted by atomic mass is 16.5. The molecule has 1 atom stereocenters. The first-order valence-electron chi connectivity index (χ1n) is 9.65. The number of hydrogen-bond acceptors (Lipinski definition) is 5. The van der Waals surface area contributed by atoms with Gasteiger partial charge in [-0.25, -0.2) is 14.5 Å². The Balaban J connectivity index is 1.75. The van der Waals surface area contributed by atoms with Crippen LogP contribution in [0.2, 0.25) is 0 Å². The Morgan fingerprint density at radius 3 is 2.38 bits per heavy atom. The molecule has 1 unspecified atom stereocenters. The van der Waals surface area contributed by atoms with Gasteiger partial charge in [-0.2, -0.15) is 0 Å². The molecule has 2 aromatic carbocycles. The normalized spacial score (nSPS) is 16.4. The van der Waals surface area contributed by atoms with Crippen molar-refractivity contribution in [2.24, 2.45) is 0 Å². The largest absolute Gasteiger partial charge is 0.467 e. The van der Waals surface area contributed by atoms with E-state index in [0.29, 0.717) is 18.8 Å². The number of para-hydroxylation sites is 1. The second-order valence-electron chi connectivity index (χ2n) is 6.91. The summed E-state index contributed by atoms with van der Waals surface area (Å²) in [4.78, 5) is 31.5. The van der Waals surface area contributed by atoms with Crippen molar-refractivity contribution in [3.8, 4) is 17.1 Å². The maximum absolute atomic E-state index is 13.2. The highest BCUT2D eigenvalue weighted by Crippen LogP contribution is 2.24. The van der Waals surface area contributed by atoms with E-state index >= 15 is 0 Å². The van der Waals surface area contributed by atoms with Gasteiger partial charge in [0.05, 0.1) is 12.8 Å². The SMILES string of the molecule is COC(=O)C1CCCCN1C(=O)c1nc(-c2ccccc2)n(-c2ccccc2)n1. The fraction of sp³-hybridized carbons (Fsp3) is 0.273. The van der Waals surface area contributed by atoms with Crippen LogP contribution >= 0.6 is 0 Å². The minimum atomic E-state index is -0.592. The molecule has 0 saturated carbocycles. The van der Waals surface area contributed by atoms with Crippen LogP contribution in [0.4, 0.5) is 0 Å². The lowest BCUT2D eigenvalue weighted by molar-refractivity contribution is -0.147. The number of methoxy groups -OCH3 is 1. The molecule has 0 aliphatic carbocycles. The molecule has 3 aromatic rings. The van der Waals surface area contributed by atoms with E-state index in [2.05, 4.69) is 10.1 Å². The van der Waals surface area contributed by atoms with Crippen molar-refractivity contribution in [3.05, 3.63) is 66.5 Å². The van der Waals surface area contributed by atoms with Gasteiger partial charge in [0.25, 0.3) is 5.91 Å². The van der Waals surface area contributed by atoms with Crippen molar-refractivity contribution >= 4 is 11.9 Å². The summed E-state index contributed by atoms with van der Waals surface area (Å²) in [6.07, 6.45) is 2.30. The summed E-state index contributed by atoms with van der Waals surface area (Å²) in [7, 11) is 1.34.